The summed E-state index contributed by atoms with van der Waals surface area (Å²) in [5.74, 6) is 1.98. The van der Waals surface area contributed by atoms with Gasteiger partial charge in [-0.3, -0.25) is 0 Å². The maximum atomic E-state index is 5.74. The summed E-state index contributed by atoms with van der Waals surface area (Å²) in [6.45, 7) is 12.8. The topological polar surface area (TPSA) is 12.5 Å². The van der Waals surface area contributed by atoms with E-state index in [4.69, 9.17) is 4.74 Å². The van der Waals surface area contributed by atoms with Gasteiger partial charge in [-0.05, 0) is 18.4 Å². The molecule has 0 aromatic carbocycles. The van der Waals surface area contributed by atoms with Gasteiger partial charge in [-0.15, -0.1) is 0 Å². The van der Waals surface area contributed by atoms with Crippen LogP contribution in [0.15, 0.2) is 12.5 Å². The van der Waals surface area contributed by atoms with Gasteiger partial charge in [0.05, 0.1) is 6.04 Å². The van der Waals surface area contributed by atoms with E-state index >= 15 is 0 Å². The molecule has 1 heterocycles. The Morgan fingerprint density at radius 3 is 2.08 bits per heavy atom. The monoisotopic (exact) mass is 183 g/mol. The fourth-order valence-corrected chi connectivity index (χ4v) is 2.05. The lowest BCUT2D eigenvalue weighted by atomic mass is 9.91. The van der Waals surface area contributed by atoms with Crippen molar-refractivity contribution < 1.29 is 4.74 Å². The van der Waals surface area contributed by atoms with Gasteiger partial charge in [-0.1, -0.05) is 27.7 Å². The predicted octanol–water partition coefficient (Wildman–Crippen LogP) is 2.47. The van der Waals surface area contributed by atoms with E-state index < -0.39 is 0 Å². The third-order valence-electron chi connectivity index (χ3n) is 2.79. The molecule has 2 nitrogen and oxygen atoms in total. The lowest BCUT2D eigenvalue weighted by Crippen LogP contribution is -2.39. The Labute approximate surface area is 81.6 Å². The third-order valence-corrected chi connectivity index (χ3v) is 2.79. The molecular weight excluding hydrogens is 162 g/mol. The van der Waals surface area contributed by atoms with Crippen LogP contribution in [0.3, 0.4) is 0 Å². The minimum atomic E-state index is 0.303. The molecule has 0 spiro atoms. The van der Waals surface area contributed by atoms with Gasteiger partial charge in [-0.25, -0.2) is 0 Å². The summed E-state index contributed by atoms with van der Waals surface area (Å²) < 4.78 is 5.74. The van der Waals surface area contributed by atoms with Crippen LogP contribution in [0.2, 0.25) is 0 Å². The van der Waals surface area contributed by atoms with Crippen molar-refractivity contribution in [3.8, 4) is 0 Å². The van der Waals surface area contributed by atoms with Crippen LogP contribution in [-0.2, 0) is 4.74 Å². The molecule has 1 aliphatic rings. The zero-order valence-corrected chi connectivity index (χ0v) is 9.37. The highest BCUT2D eigenvalue weighted by Crippen LogP contribution is 2.32. The van der Waals surface area contributed by atoms with E-state index in [1.54, 1.807) is 0 Å². The highest BCUT2D eigenvalue weighted by molar-refractivity contribution is 5.00. The van der Waals surface area contributed by atoms with E-state index in [0.29, 0.717) is 24.0 Å². The Kier molecular flexibility index (Phi) is 2.89. The van der Waals surface area contributed by atoms with Crippen LogP contribution in [0, 0.1) is 11.8 Å². The molecule has 1 unspecified atom stereocenters. The molecule has 2 heteroatoms. The van der Waals surface area contributed by atoms with Crippen molar-refractivity contribution >= 4 is 0 Å². The first-order valence-electron chi connectivity index (χ1n) is 5.03. The predicted molar refractivity (Wildman–Crippen MR) is 55.2 cm³/mol. The normalized spacial score (nSPS) is 28.8. The van der Waals surface area contributed by atoms with Crippen LogP contribution >= 0.6 is 0 Å². The Bertz CT molecular complexity index is 198. The van der Waals surface area contributed by atoms with E-state index in [0.717, 1.165) is 5.88 Å². The molecule has 0 N–H and O–H groups in total. The van der Waals surface area contributed by atoms with Gasteiger partial charge >= 0.3 is 0 Å². The van der Waals surface area contributed by atoms with Gasteiger partial charge < -0.3 is 9.64 Å². The Hall–Kier alpha value is -0.660. The first-order chi connectivity index (χ1) is 5.95. The molecule has 0 amide bonds. The third kappa shape index (κ3) is 1.82. The van der Waals surface area contributed by atoms with Crippen LogP contribution in [0.4, 0.5) is 0 Å². The van der Waals surface area contributed by atoms with E-state index in [1.807, 2.05) is 0 Å². The van der Waals surface area contributed by atoms with Crippen molar-refractivity contribution in [2.75, 3.05) is 7.05 Å². The number of hydrogen-bond donors (Lipinski definition) is 0. The quantitative estimate of drug-likeness (QED) is 0.652. The Morgan fingerprint density at radius 2 is 1.77 bits per heavy atom. The summed E-state index contributed by atoms with van der Waals surface area (Å²) in [7, 11) is 2.06. The maximum Gasteiger partial charge on any atom is 0.182 e. The van der Waals surface area contributed by atoms with Crippen molar-refractivity contribution in [3.63, 3.8) is 0 Å². The standard InChI is InChI=1S/C11H21NO/c1-7(2)10-11(8(3)4)13-9(5)12(10)6/h7-8,10-11H,5H2,1-4,6H3/t10?,11-/m1/s1. The van der Waals surface area contributed by atoms with Crippen LogP contribution in [0.25, 0.3) is 0 Å². The SMILES string of the molecule is C=C1O[C@H](C(C)C)C(C(C)C)N1C. The van der Waals surface area contributed by atoms with Crippen LogP contribution in [0.5, 0.6) is 0 Å². The molecule has 13 heavy (non-hydrogen) atoms. The number of rotatable bonds is 2. The number of likely N-dealkylation sites (N-methyl/N-ethyl adjacent to an activating group) is 1. The van der Waals surface area contributed by atoms with Crippen molar-refractivity contribution in [1.29, 1.82) is 0 Å². The van der Waals surface area contributed by atoms with Crippen molar-refractivity contribution in [1.82, 2.24) is 4.90 Å². The summed E-state index contributed by atoms with van der Waals surface area (Å²) in [4.78, 5) is 2.16. The van der Waals surface area contributed by atoms with E-state index in [-0.39, 0.29) is 0 Å². The highest BCUT2D eigenvalue weighted by Gasteiger charge is 2.39. The van der Waals surface area contributed by atoms with Crippen molar-refractivity contribution in [3.05, 3.63) is 12.5 Å². The maximum absolute atomic E-state index is 5.74. The summed E-state index contributed by atoms with van der Waals surface area (Å²) >= 11 is 0. The fourth-order valence-electron chi connectivity index (χ4n) is 2.05. The summed E-state index contributed by atoms with van der Waals surface area (Å²) in [5, 5.41) is 0. The smallest absolute Gasteiger partial charge is 0.182 e. The molecule has 1 aliphatic heterocycles. The second-order valence-corrected chi connectivity index (χ2v) is 4.57. The molecule has 76 valence electrons. The zero-order valence-electron chi connectivity index (χ0n) is 9.37. The van der Waals surface area contributed by atoms with Crippen LogP contribution < -0.4 is 0 Å². The van der Waals surface area contributed by atoms with Gasteiger partial charge in [0, 0.05) is 7.05 Å². The van der Waals surface area contributed by atoms with Crippen LogP contribution in [-0.4, -0.2) is 24.1 Å². The Balaban J connectivity index is 2.80. The first kappa shape index (κ1) is 10.4. The summed E-state index contributed by atoms with van der Waals surface area (Å²) in [5.41, 5.74) is 0. The van der Waals surface area contributed by atoms with Gasteiger partial charge in [0.25, 0.3) is 0 Å². The van der Waals surface area contributed by atoms with Gasteiger partial charge in [-0.2, -0.15) is 0 Å². The molecule has 0 saturated carbocycles. The van der Waals surface area contributed by atoms with Gasteiger partial charge in [0.2, 0.25) is 0 Å². The lowest BCUT2D eigenvalue weighted by Gasteiger charge is -2.27. The second kappa shape index (κ2) is 3.60. The zero-order chi connectivity index (χ0) is 10.2. The Morgan fingerprint density at radius 1 is 1.23 bits per heavy atom. The molecule has 1 fully saturated rings. The average Bonchev–Trinajstić information content (AvgIpc) is 2.28. The molecule has 0 aliphatic carbocycles. The molecule has 0 aromatic heterocycles. The van der Waals surface area contributed by atoms with E-state index in [1.165, 1.54) is 0 Å². The largest absolute Gasteiger partial charge is 0.474 e. The molecule has 0 bridgehead atoms. The average molecular weight is 183 g/mol. The molecule has 1 rings (SSSR count). The van der Waals surface area contributed by atoms with E-state index in [2.05, 4.69) is 46.2 Å². The molecular formula is C11H21NO. The lowest BCUT2D eigenvalue weighted by molar-refractivity contribution is 0.0950. The van der Waals surface area contributed by atoms with E-state index in [9.17, 15) is 0 Å². The summed E-state index contributed by atoms with van der Waals surface area (Å²) in [6, 6.07) is 0.479. The molecule has 1 saturated heterocycles. The van der Waals surface area contributed by atoms with Gasteiger partial charge in [0.1, 0.15) is 6.10 Å². The number of nitrogens with zero attached hydrogens (tertiary/aromatic N) is 1. The molecule has 0 radical (unpaired) electrons. The number of ether oxygens (including phenoxy) is 1. The molecule has 2 atom stereocenters. The second-order valence-electron chi connectivity index (χ2n) is 4.57. The van der Waals surface area contributed by atoms with Crippen molar-refractivity contribution in [2.45, 2.75) is 39.8 Å². The first-order valence-corrected chi connectivity index (χ1v) is 5.03. The number of hydrogen-bond acceptors (Lipinski definition) is 2. The minimum absolute atomic E-state index is 0.303. The minimum Gasteiger partial charge on any atom is -0.474 e. The van der Waals surface area contributed by atoms with Gasteiger partial charge in [0.15, 0.2) is 5.88 Å². The fraction of sp³-hybridized carbons (Fsp3) is 0.818. The summed E-state index contributed by atoms with van der Waals surface area (Å²) in [6.07, 6.45) is 0.303. The highest BCUT2D eigenvalue weighted by atomic mass is 16.5. The van der Waals surface area contributed by atoms with Crippen molar-refractivity contribution in [2.24, 2.45) is 11.8 Å². The van der Waals surface area contributed by atoms with Crippen LogP contribution in [0.1, 0.15) is 27.7 Å². The molecule has 0 aromatic rings.